The summed E-state index contributed by atoms with van der Waals surface area (Å²) in [6.07, 6.45) is 15.6. The largest absolute Gasteiger partial charge is 0.0805 e. The molecule has 0 heterocycles. The molecule has 13 rings (SSSR count). The van der Waals surface area contributed by atoms with Gasteiger partial charge in [-0.3, -0.25) is 0 Å². The normalized spacial score (nSPS) is 24.4. The van der Waals surface area contributed by atoms with E-state index in [1.165, 1.54) is 121 Å². The summed E-state index contributed by atoms with van der Waals surface area (Å²) >= 11 is 0. The molecule has 0 spiro atoms. The second kappa shape index (κ2) is 11.9. The molecule has 0 nitrogen and oxygen atoms in total. The maximum Gasteiger partial charge on any atom is -0.00199 e. The third kappa shape index (κ3) is 4.42. The van der Waals surface area contributed by atoms with Gasteiger partial charge in [0, 0.05) is 0 Å². The number of allylic oxidation sites excluding steroid dienone is 4. The van der Waals surface area contributed by atoms with Crippen molar-refractivity contribution in [1.29, 1.82) is 0 Å². The average molecular weight is 717 g/mol. The predicted molar refractivity (Wildman–Crippen MR) is 237 cm³/mol. The van der Waals surface area contributed by atoms with Crippen LogP contribution in [0.5, 0.6) is 0 Å². The molecule has 268 valence electrons. The summed E-state index contributed by atoms with van der Waals surface area (Å²) in [5, 5.41) is 10.6. The van der Waals surface area contributed by atoms with Crippen LogP contribution in [0.3, 0.4) is 0 Å². The summed E-state index contributed by atoms with van der Waals surface area (Å²) in [7, 11) is 0. The summed E-state index contributed by atoms with van der Waals surface area (Å²) in [6.45, 7) is 0. The van der Waals surface area contributed by atoms with E-state index < -0.39 is 0 Å². The average Bonchev–Trinajstić information content (AvgIpc) is 4.09. The van der Waals surface area contributed by atoms with Crippen LogP contribution in [0.4, 0.5) is 0 Å². The highest BCUT2D eigenvalue weighted by atomic mass is 14.5. The fourth-order valence-electron chi connectivity index (χ4n) is 13.0. The monoisotopic (exact) mass is 716 g/mol. The Hall–Kier alpha value is -5.72. The molecule has 0 aliphatic heterocycles. The zero-order chi connectivity index (χ0) is 36.5. The molecule has 8 aromatic rings. The summed E-state index contributed by atoms with van der Waals surface area (Å²) in [5.74, 6) is 4.43. The van der Waals surface area contributed by atoms with E-state index in [0.717, 1.165) is 17.8 Å². The van der Waals surface area contributed by atoms with E-state index in [2.05, 4.69) is 158 Å². The first-order valence-electron chi connectivity index (χ1n) is 21.3. The topological polar surface area (TPSA) is 0 Å². The first-order valence-corrected chi connectivity index (χ1v) is 21.3. The van der Waals surface area contributed by atoms with Crippen LogP contribution in [0.1, 0.15) is 67.1 Å². The van der Waals surface area contributed by atoms with Crippen molar-refractivity contribution in [2.45, 2.75) is 50.4 Å². The molecule has 0 heteroatoms. The third-order valence-electron chi connectivity index (χ3n) is 15.2. The van der Waals surface area contributed by atoms with Crippen molar-refractivity contribution in [3.63, 3.8) is 0 Å². The van der Waals surface area contributed by atoms with E-state index in [1.807, 2.05) is 0 Å². The van der Waals surface area contributed by atoms with Crippen LogP contribution in [-0.2, 0) is 0 Å². The number of hydrogen-bond donors (Lipinski definition) is 0. The molecule has 0 saturated heterocycles. The van der Waals surface area contributed by atoms with Crippen molar-refractivity contribution in [3.8, 4) is 33.4 Å². The molecule has 0 aromatic heterocycles. The predicted octanol–water partition coefficient (Wildman–Crippen LogP) is 15.3. The maximum absolute atomic E-state index is 2.60. The van der Waals surface area contributed by atoms with E-state index in [9.17, 15) is 0 Å². The first-order chi connectivity index (χ1) is 27.8. The number of hydrogen-bond acceptors (Lipinski definition) is 0. The van der Waals surface area contributed by atoms with E-state index in [4.69, 9.17) is 0 Å². The Labute approximate surface area is 329 Å². The zero-order valence-corrected chi connectivity index (χ0v) is 31.7. The van der Waals surface area contributed by atoms with Gasteiger partial charge in [0.05, 0.1) is 0 Å². The number of rotatable bonds is 4. The smallest absolute Gasteiger partial charge is 0.00199 e. The molecule has 0 radical (unpaired) electrons. The Morgan fingerprint density at radius 2 is 1.04 bits per heavy atom. The molecule has 56 heavy (non-hydrogen) atoms. The van der Waals surface area contributed by atoms with Gasteiger partial charge in [0.25, 0.3) is 0 Å². The van der Waals surface area contributed by atoms with Gasteiger partial charge in [-0.15, -0.1) is 0 Å². The third-order valence-corrected chi connectivity index (χ3v) is 15.2. The van der Waals surface area contributed by atoms with Crippen molar-refractivity contribution in [3.05, 3.63) is 174 Å². The van der Waals surface area contributed by atoms with Crippen LogP contribution in [-0.4, -0.2) is 0 Å². The van der Waals surface area contributed by atoms with Crippen molar-refractivity contribution in [1.82, 2.24) is 0 Å². The summed E-state index contributed by atoms with van der Waals surface area (Å²) in [6, 6.07) is 54.1. The molecule has 5 aliphatic carbocycles. The van der Waals surface area contributed by atoms with Gasteiger partial charge in [0.2, 0.25) is 0 Å². The van der Waals surface area contributed by atoms with Crippen LogP contribution in [0, 0.1) is 23.7 Å². The molecule has 5 aliphatic rings. The maximum atomic E-state index is 2.60. The van der Waals surface area contributed by atoms with Crippen LogP contribution in [0.15, 0.2) is 158 Å². The fourth-order valence-corrected chi connectivity index (χ4v) is 13.0. The number of fused-ring (bicyclic) bond motifs is 14. The van der Waals surface area contributed by atoms with Crippen molar-refractivity contribution < 1.29 is 0 Å². The Balaban J connectivity index is 1.16. The van der Waals surface area contributed by atoms with Gasteiger partial charge < -0.3 is 0 Å². The van der Waals surface area contributed by atoms with Crippen LogP contribution in [0.25, 0.3) is 82.0 Å². The minimum Gasteiger partial charge on any atom is -0.0805 e. The first kappa shape index (κ1) is 31.5. The molecule has 4 bridgehead atoms. The highest BCUT2D eigenvalue weighted by Gasteiger charge is 2.48. The van der Waals surface area contributed by atoms with Gasteiger partial charge >= 0.3 is 0 Å². The minimum absolute atomic E-state index is 0.639. The second-order valence-corrected chi connectivity index (χ2v) is 17.8. The van der Waals surface area contributed by atoms with Gasteiger partial charge in [0.1, 0.15) is 0 Å². The van der Waals surface area contributed by atoms with Crippen LogP contribution >= 0.6 is 0 Å². The second-order valence-electron chi connectivity index (χ2n) is 17.8. The quantitative estimate of drug-likeness (QED) is 0.159. The lowest BCUT2D eigenvalue weighted by atomic mass is 9.71. The Bertz CT molecular complexity index is 3020. The van der Waals surface area contributed by atoms with Gasteiger partial charge in [-0.05, 0) is 185 Å². The molecular formula is C56H44. The molecule has 6 atom stereocenters. The van der Waals surface area contributed by atoms with Gasteiger partial charge in [-0.1, -0.05) is 146 Å². The molecule has 3 saturated carbocycles. The lowest BCUT2D eigenvalue weighted by Crippen LogP contribution is -2.23. The molecule has 8 aromatic carbocycles. The standard InChI is InChI=1S/C56H44/c1-3-13-41-33(9-1)11-5-19-47(41)55-49-27-25-38(46-18-8-16-44-36-22-24-40(30-36)54(44)46)32-52(49)56(48-20-6-12-34-10-2-4-14-42(34)48)50-28-26-37(31-51(50)55)45-17-7-15-43-35-21-23-39(29-35)53(43)45/h1-20,25-28,31-32,35-36,39-40,43,53H,21-24,29-30H2. The number of benzene rings is 8. The van der Waals surface area contributed by atoms with Crippen LogP contribution in [0.2, 0.25) is 0 Å². The minimum atomic E-state index is 0.639. The van der Waals surface area contributed by atoms with Gasteiger partial charge in [0.15, 0.2) is 0 Å². The summed E-state index contributed by atoms with van der Waals surface area (Å²) in [4.78, 5) is 0. The Morgan fingerprint density at radius 3 is 1.79 bits per heavy atom. The SMILES string of the molecule is C1=CC2C3CCC(C3)C2C(c2ccc3c(-c4cccc5ccccc45)c4cc(-c5cccc6c5C5CCC6C5)ccc4c(-c4cccc5ccccc45)c3c2)=C1. The zero-order valence-electron chi connectivity index (χ0n) is 31.7. The molecule has 6 unspecified atom stereocenters. The Morgan fingerprint density at radius 1 is 0.429 bits per heavy atom. The van der Waals surface area contributed by atoms with E-state index in [-0.39, 0.29) is 0 Å². The lowest BCUT2D eigenvalue weighted by Gasteiger charge is -2.33. The molecule has 0 N–H and O–H groups in total. The van der Waals surface area contributed by atoms with Crippen molar-refractivity contribution in [2.24, 2.45) is 23.7 Å². The summed E-state index contributed by atoms with van der Waals surface area (Å²) < 4.78 is 0. The van der Waals surface area contributed by atoms with E-state index in [1.54, 1.807) is 16.7 Å². The van der Waals surface area contributed by atoms with Crippen LogP contribution < -0.4 is 0 Å². The molecule has 3 fully saturated rings. The van der Waals surface area contributed by atoms with E-state index >= 15 is 0 Å². The highest BCUT2D eigenvalue weighted by Crippen LogP contribution is 2.59. The fraction of sp³-hybridized carbons (Fsp3) is 0.214. The summed E-state index contributed by atoms with van der Waals surface area (Å²) in [5.41, 5.74) is 14.4. The van der Waals surface area contributed by atoms with Crippen molar-refractivity contribution >= 4 is 48.7 Å². The van der Waals surface area contributed by atoms with Gasteiger partial charge in [-0.25, -0.2) is 0 Å². The lowest BCUT2D eigenvalue weighted by molar-refractivity contribution is 0.325. The highest BCUT2D eigenvalue weighted by molar-refractivity contribution is 6.26. The van der Waals surface area contributed by atoms with E-state index in [0.29, 0.717) is 17.8 Å². The molecule has 0 amide bonds. The Kier molecular flexibility index (Phi) is 6.69. The molecular weight excluding hydrogens is 673 g/mol. The van der Waals surface area contributed by atoms with Crippen molar-refractivity contribution in [2.75, 3.05) is 0 Å². The van der Waals surface area contributed by atoms with Gasteiger partial charge in [-0.2, -0.15) is 0 Å².